The Hall–Kier alpha value is -3.49. The third kappa shape index (κ3) is 3.51. The zero-order valence-corrected chi connectivity index (χ0v) is 17.1. The standard InChI is InChI=1S/C23H19ClN4O/c1-14-10-16(15(2)28(14)19-6-4-18(24)5-7-19)11-17(13-25)23-26-21-9-8-20(29-3)12-22(21)27-23/h4-12H,1-3H3,(H,26,27)/b17-11+. The van der Waals surface area contributed by atoms with Gasteiger partial charge in [0.15, 0.2) is 0 Å². The van der Waals surface area contributed by atoms with Gasteiger partial charge in [0.05, 0.1) is 23.7 Å². The number of ether oxygens (including phenoxy) is 1. The molecular formula is C23H19ClN4O. The van der Waals surface area contributed by atoms with Gasteiger partial charge in [-0.2, -0.15) is 5.26 Å². The van der Waals surface area contributed by atoms with E-state index in [0.717, 1.165) is 39.4 Å². The Morgan fingerprint density at radius 2 is 1.93 bits per heavy atom. The molecule has 0 unspecified atom stereocenters. The minimum Gasteiger partial charge on any atom is -0.497 e. The van der Waals surface area contributed by atoms with Gasteiger partial charge in [-0.1, -0.05) is 11.6 Å². The number of nitrogens with zero attached hydrogens (tertiary/aromatic N) is 3. The molecule has 5 nitrogen and oxygen atoms in total. The number of fused-ring (bicyclic) bond motifs is 1. The molecule has 4 aromatic rings. The number of benzene rings is 2. The van der Waals surface area contributed by atoms with Crippen molar-refractivity contribution in [2.75, 3.05) is 7.11 Å². The van der Waals surface area contributed by atoms with E-state index in [9.17, 15) is 5.26 Å². The highest BCUT2D eigenvalue weighted by Gasteiger charge is 2.13. The maximum Gasteiger partial charge on any atom is 0.149 e. The molecule has 0 aliphatic carbocycles. The van der Waals surface area contributed by atoms with Crippen molar-refractivity contribution < 1.29 is 4.74 Å². The van der Waals surface area contributed by atoms with Gasteiger partial charge in [0.25, 0.3) is 0 Å². The SMILES string of the molecule is COc1ccc2nc(/C(C#N)=C/c3cc(C)n(-c4ccc(Cl)cc4)c3C)[nH]c2c1. The number of methoxy groups -OCH3 is 1. The van der Waals surface area contributed by atoms with E-state index >= 15 is 0 Å². The van der Waals surface area contributed by atoms with Crippen molar-refractivity contribution in [2.45, 2.75) is 13.8 Å². The number of aryl methyl sites for hydroxylation is 1. The fraction of sp³-hybridized carbons (Fsp3) is 0.130. The number of hydrogen-bond donors (Lipinski definition) is 1. The summed E-state index contributed by atoms with van der Waals surface area (Å²) in [5, 5.41) is 10.5. The lowest BCUT2D eigenvalue weighted by Crippen LogP contribution is -1.98. The molecule has 0 bridgehead atoms. The van der Waals surface area contributed by atoms with Gasteiger partial charge in [0.1, 0.15) is 17.6 Å². The predicted molar refractivity (Wildman–Crippen MR) is 116 cm³/mol. The molecule has 0 aliphatic rings. The molecular weight excluding hydrogens is 384 g/mol. The molecule has 0 saturated carbocycles. The fourth-order valence-electron chi connectivity index (χ4n) is 3.47. The van der Waals surface area contributed by atoms with Gasteiger partial charge in [-0.3, -0.25) is 0 Å². The Morgan fingerprint density at radius 1 is 1.17 bits per heavy atom. The molecule has 6 heteroatoms. The first-order valence-corrected chi connectivity index (χ1v) is 9.49. The Kier molecular flexibility index (Phi) is 4.87. The summed E-state index contributed by atoms with van der Waals surface area (Å²) in [6.45, 7) is 4.07. The first-order valence-electron chi connectivity index (χ1n) is 9.11. The normalized spacial score (nSPS) is 11.6. The summed E-state index contributed by atoms with van der Waals surface area (Å²) in [5.41, 5.74) is 6.18. The second-order valence-electron chi connectivity index (χ2n) is 6.78. The third-order valence-electron chi connectivity index (χ3n) is 4.92. The fourth-order valence-corrected chi connectivity index (χ4v) is 3.60. The highest BCUT2D eigenvalue weighted by Crippen LogP contribution is 2.27. The predicted octanol–water partition coefficient (Wildman–Crippen LogP) is 5.70. The van der Waals surface area contributed by atoms with Gasteiger partial charge in [0, 0.05) is 28.2 Å². The number of nitriles is 1. The van der Waals surface area contributed by atoms with Crippen LogP contribution < -0.4 is 4.74 Å². The molecule has 0 saturated heterocycles. The Bertz CT molecular complexity index is 1270. The van der Waals surface area contributed by atoms with Crippen molar-refractivity contribution in [3.63, 3.8) is 0 Å². The average Bonchev–Trinajstić information content (AvgIpc) is 3.26. The smallest absolute Gasteiger partial charge is 0.149 e. The van der Waals surface area contributed by atoms with E-state index in [1.54, 1.807) is 7.11 Å². The highest BCUT2D eigenvalue weighted by atomic mass is 35.5. The van der Waals surface area contributed by atoms with Crippen LogP contribution in [0.25, 0.3) is 28.4 Å². The van der Waals surface area contributed by atoms with Crippen LogP contribution in [0.2, 0.25) is 5.02 Å². The Labute approximate surface area is 173 Å². The van der Waals surface area contributed by atoms with Crippen LogP contribution in [0.15, 0.2) is 48.5 Å². The number of nitrogens with one attached hydrogen (secondary N) is 1. The molecule has 2 aromatic carbocycles. The lowest BCUT2D eigenvalue weighted by molar-refractivity contribution is 0.415. The highest BCUT2D eigenvalue weighted by molar-refractivity contribution is 6.30. The Morgan fingerprint density at radius 3 is 2.62 bits per heavy atom. The van der Waals surface area contributed by atoms with Crippen LogP contribution in [0.1, 0.15) is 22.8 Å². The first-order chi connectivity index (χ1) is 14.0. The second kappa shape index (κ2) is 7.50. The van der Waals surface area contributed by atoms with Crippen LogP contribution in [0, 0.1) is 25.2 Å². The number of aromatic amines is 1. The topological polar surface area (TPSA) is 66.6 Å². The average molecular weight is 403 g/mol. The van der Waals surface area contributed by atoms with Gasteiger partial charge in [-0.25, -0.2) is 4.98 Å². The van der Waals surface area contributed by atoms with Crippen molar-refractivity contribution >= 4 is 34.3 Å². The molecule has 0 atom stereocenters. The van der Waals surface area contributed by atoms with Crippen molar-refractivity contribution in [1.29, 1.82) is 5.26 Å². The van der Waals surface area contributed by atoms with Gasteiger partial charge < -0.3 is 14.3 Å². The maximum atomic E-state index is 9.76. The van der Waals surface area contributed by atoms with E-state index in [-0.39, 0.29) is 0 Å². The molecule has 0 aliphatic heterocycles. The molecule has 2 heterocycles. The minimum atomic E-state index is 0.469. The summed E-state index contributed by atoms with van der Waals surface area (Å²) < 4.78 is 7.40. The molecule has 0 radical (unpaired) electrons. The van der Waals surface area contributed by atoms with E-state index in [2.05, 4.69) is 26.7 Å². The van der Waals surface area contributed by atoms with Gasteiger partial charge >= 0.3 is 0 Å². The second-order valence-corrected chi connectivity index (χ2v) is 7.21. The van der Waals surface area contributed by atoms with Crippen LogP contribution in [0.4, 0.5) is 0 Å². The number of aromatic nitrogens is 3. The summed E-state index contributed by atoms with van der Waals surface area (Å²) in [7, 11) is 1.62. The third-order valence-corrected chi connectivity index (χ3v) is 5.17. The van der Waals surface area contributed by atoms with Crippen LogP contribution in [-0.2, 0) is 0 Å². The lowest BCUT2D eigenvalue weighted by Gasteiger charge is -2.09. The number of halogens is 1. The van der Waals surface area contributed by atoms with Crippen molar-refractivity contribution in [2.24, 2.45) is 0 Å². The first kappa shape index (κ1) is 18.9. The number of allylic oxidation sites excluding steroid dienone is 1. The number of H-pyrrole nitrogens is 1. The van der Waals surface area contributed by atoms with Crippen molar-refractivity contribution in [3.8, 4) is 17.5 Å². The molecule has 0 amide bonds. The lowest BCUT2D eigenvalue weighted by atomic mass is 10.1. The van der Waals surface area contributed by atoms with Gasteiger partial charge in [-0.05, 0) is 68.0 Å². The Balaban J connectivity index is 1.77. The molecule has 1 N–H and O–H groups in total. The van der Waals surface area contributed by atoms with E-state index in [1.807, 2.05) is 62.4 Å². The van der Waals surface area contributed by atoms with Crippen molar-refractivity contribution in [1.82, 2.24) is 14.5 Å². The van der Waals surface area contributed by atoms with E-state index < -0.39 is 0 Å². The molecule has 4 rings (SSSR count). The maximum absolute atomic E-state index is 9.76. The van der Waals surface area contributed by atoms with Crippen LogP contribution in [0.5, 0.6) is 5.75 Å². The molecule has 0 fully saturated rings. The van der Waals surface area contributed by atoms with Crippen LogP contribution >= 0.6 is 11.6 Å². The zero-order valence-electron chi connectivity index (χ0n) is 16.3. The number of imidazole rings is 1. The van der Waals surface area contributed by atoms with Crippen LogP contribution in [0.3, 0.4) is 0 Å². The van der Waals surface area contributed by atoms with Crippen molar-refractivity contribution in [3.05, 3.63) is 76.3 Å². The minimum absolute atomic E-state index is 0.469. The molecule has 0 spiro atoms. The summed E-state index contributed by atoms with van der Waals surface area (Å²) in [4.78, 5) is 7.78. The number of hydrogen-bond acceptors (Lipinski definition) is 3. The van der Waals surface area contributed by atoms with Gasteiger partial charge in [-0.15, -0.1) is 0 Å². The molecule has 29 heavy (non-hydrogen) atoms. The summed E-state index contributed by atoms with van der Waals surface area (Å²) in [6, 6.07) is 17.6. The van der Waals surface area contributed by atoms with E-state index in [1.165, 1.54) is 0 Å². The van der Waals surface area contributed by atoms with Gasteiger partial charge in [0.2, 0.25) is 0 Å². The molecule has 2 aromatic heterocycles. The number of rotatable bonds is 4. The monoisotopic (exact) mass is 402 g/mol. The van der Waals surface area contributed by atoms with E-state index in [4.69, 9.17) is 16.3 Å². The summed E-state index contributed by atoms with van der Waals surface area (Å²) >= 11 is 6.02. The summed E-state index contributed by atoms with van der Waals surface area (Å²) in [6.07, 6.45) is 1.86. The summed E-state index contributed by atoms with van der Waals surface area (Å²) in [5.74, 6) is 1.27. The quantitative estimate of drug-likeness (QED) is 0.445. The van der Waals surface area contributed by atoms with E-state index in [0.29, 0.717) is 16.4 Å². The molecule has 144 valence electrons. The van der Waals surface area contributed by atoms with Crippen LogP contribution in [-0.4, -0.2) is 21.6 Å². The zero-order chi connectivity index (χ0) is 20.5. The largest absolute Gasteiger partial charge is 0.497 e.